The number of aromatic nitrogens is 4. The van der Waals surface area contributed by atoms with Crippen LogP contribution in [-0.2, 0) is 25.4 Å². The van der Waals surface area contributed by atoms with Crippen molar-refractivity contribution in [2.24, 2.45) is 20.0 Å². The highest BCUT2D eigenvalue weighted by Gasteiger charge is 2.26. The van der Waals surface area contributed by atoms with E-state index in [1.165, 1.54) is 17.7 Å². The summed E-state index contributed by atoms with van der Waals surface area (Å²) < 4.78 is 2.38. The van der Waals surface area contributed by atoms with Crippen molar-refractivity contribution in [1.29, 1.82) is 0 Å². The van der Waals surface area contributed by atoms with Gasteiger partial charge in [0.2, 0.25) is 5.91 Å². The van der Waals surface area contributed by atoms with Gasteiger partial charge in [-0.2, -0.15) is 0 Å². The molecule has 1 fully saturated rings. The minimum atomic E-state index is -0.420. The number of nitrogens with zero attached hydrogens (tertiary/aromatic N) is 5. The van der Waals surface area contributed by atoms with Crippen LogP contribution >= 0.6 is 11.6 Å². The van der Waals surface area contributed by atoms with Gasteiger partial charge in [-0.1, -0.05) is 11.6 Å². The highest BCUT2D eigenvalue weighted by molar-refractivity contribution is 6.29. The highest BCUT2D eigenvalue weighted by Crippen LogP contribution is 2.22. The Morgan fingerprint density at radius 3 is 2.74 bits per heavy atom. The predicted octanol–water partition coefficient (Wildman–Crippen LogP) is 0.0602. The number of carbonyl (C=O) groups excluding carboxylic acids is 1. The molecule has 1 saturated heterocycles. The lowest BCUT2D eigenvalue weighted by atomic mass is 9.97. The van der Waals surface area contributed by atoms with Crippen LogP contribution in [0.1, 0.15) is 18.5 Å². The first-order chi connectivity index (χ1) is 12.9. The first-order valence-electron chi connectivity index (χ1n) is 8.64. The Labute approximate surface area is 160 Å². The van der Waals surface area contributed by atoms with E-state index in [-0.39, 0.29) is 18.4 Å². The molecule has 0 aromatic carbocycles. The summed E-state index contributed by atoms with van der Waals surface area (Å²) >= 11 is 5.77. The van der Waals surface area contributed by atoms with Gasteiger partial charge in [-0.05, 0) is 25.0 Å². The Kier molecular flexibility index (Phi) is 5.59. The molecule has 1 atom stereocenters. The number of amides is 1. The monoisotopic (exact) mass is 392 g/mol. The number of carbonyl (C=O) groups is 1. The van der Waals surface area contributed by atoms with E-state index in [1.807, 2.05) is 4.90 Å². The number of hydrogen-bond acceptors (Lipinski definition) is 6. The average molecular weight is 393 g/mol. The Balaban J connectivity index is 1.65. The maximum absolute atomic E-state index is 12.6. The van der Waals surface area contributed by atoms with Crippen molar-refractivity contribution in [3.63, 3.8) is 0 Å². The van der Waals surface area contributed by atoms with Gasteiger partial charge >= 0.3 is 5.69 Å². The number of anilines is 1. The number of rotatable bonds is 4. The summed E-state index contributed by atoms with van der Waals surface area (Å²) in [5.74, 6) is 0.361. The zero-order chi connectivity index (χ0) is 19.6. The molecular formula is C17H21ClN6O3. The lowest BCUT2D eigenvalue weighted by Gasteiger charge is -2.32. The standard InChI is InChI=1S/C17H21ClN6O3/c1-22-12(8-15(25)23(2)17(22)27)9-19-16(26)11-4-3-7-24(10-11)14-6-5-13(18)20-21-14/h5-6,8,11H,3-4,7,9-10H2,1-2H3,(H,19,26)/t11-/m1/s1. The lowest BCUT2D eigenvalue weighted by Crippen LogP contribution is -2.44. The molecule has 1 amide bonds. The molecule has 1 aliphatic heterocycles. The van der Waals surface area contributed by atoms with E-state index in [9.17, 15) is 14.4 Å². The SMILES string of the molecule is Cn1c(CNC(=O)[C@@H]2CCCN(c3ccc(Cl)nn3)C2)cc(=O)n(C)c1=O. The van der Waals surface area contributed by atoms with Gasteiger partial charge in [0.1, 0.15) is 0 Å². The van der Waals surface area contributed by atoms with E-state index in [4.69, 9.17) is 11.6 Å². The van der Waals surface area contributed by atoms with Crippen molar-refractivity contribution in [1.82, 2.24) is 24.6 Å². The molecule has 3 heterocycles. The van der Waals surface area contributed by atoms with Gasteiger partial charge in [0.15, 0.2) is 11.0 Å². The van der Waals surface area contributed by atoms with Gasteiger partial charge in [-0.25, -0.2) is 4.79 Å². The molecule has 0 saturated carbocycles. The third kappa shape index (κ3) is 4.19. The lowest BCUT2D eigenvalue weighted by molar-refractivity contribution is -0.125. The number of nitrogens with one attached hydrogen (secondary N) is 1. The number of halogens is 1. The zero-order valence-electron chi connectivity index (χ0n) is 15.2. The summed E-state index contributed by atoms with van der Waals surface area (Å²) in [6.07, 6.45) is 1.62. The number of piperidine rings is 1. The fraction of sp³-hybridized carbons (Fsp3) is 0.471. The van der Waals surface area contributed by atoms with Crippen molar-refractivity contribution in [3.05, 3.63) is 49.9 Å². The molecule has 0 unspecified atom stereocenters. The first-order valence-corrected chi connectivity index (χ1v) is 9.02. The predicted molar refractivity (Wildman–Crippen MR) is 101 cm³/mol. The van der Waals surface area contributed by atoms with Gasteiger partial charge in [-0.15, -0.1) is 10.2 Å². The van der Waals surface area contributed by atoms with Crippen LogP contribution in [0.5, 0.6) is 0 Å². The summed E-state index contributed by atoms with van der Waals surface area (Å²) in [4.78, 5) is 38.3. The smallest absolute Gasteiger partial charge is 0.330 e. The maximum atomic E-state index is 12.6. The highest BCUT2D eigenvalue weighted by atomic mass is 35.5. The van der Waals surface area contributed by atoms with Gasteiger partial charge in [0, 0.05) is 38.9 Å². The zero-order valence-corrected chi connectivity index (χ0v) is 15.9. The average Bonchev–Trinajstić information content (AvgIpc) is 2.68. The second kappa shape index (κ2) is 7.91. The Bertz CT molecular complexity index is 953. The molecule has 0 spiro atoms. The van der Waals surface area contributed by atoms with Crippen LogP contribution < -0.4 is 21.5 Å². The molecule has 144 valence electrons. The maximum Gasteiger partial charge on any atom is 0.330 e. The van der Waals surface area contributed by atoms with Crippen molar-refractivity contribution in [3.8, 4) is 0 Å². The van der Waals surface area contributed by atoms with Crippen LogP contribution in [0.15, 0.2) is 27.8 Å². The van der Waals surface area contributed by atoms with E-state index in [1.54, 1.807) is 19.2 Å². The molecule has 9 nitrogen and oxygen atoms in total. The minimum Gasteiger partial charge on any atom is -0.354 e. The van der Waals surface area contributed by atoms with E-state index in [2.05, 4.69) is 15.5 Å². The molecule has 10 heteroatoms. The van der Waals surface area contributed by atoms with Crippen molar-refractivity contribution >= 4 is 23.3 Å². The van der Waals surface area contributed by atoms with Crippen LogP contribution in [0.2, 0.25) is 5.15 Å². The largest absolute Gasteiger partial charge is 0.354 e. The first kappa shape index (κ1) is 19.1. The third-order valence-electron chi connectivity index (χ3n) is 4.80. The normalized spacial score (nSPS) is 17.0. The Morgan fingerprint density at radius 1 is 1.26 bits per heavy atom. The van der Waals surface area contributed by atoms with E-state index >= 15 is 0 Å². The van der Waals surface area contributed by atoms with Crippen molar-refractivity contribution in [2.45, 2.75) is 19.4 Å². The molecule has 27 heavy (non-hydrogen) atoms. The van der Waals surface area contributed by atoms with E-state index in [0.717, 1.165) is 24.0 Å². The summed E-state index contributed by atoms with van der Waals surface area (Å²) in [6.45, 7) is 1.44. The fourth-order valence-electron chi connectivity index (χ4n) is 3.15. The topological polar surface area (TPSA) is 102 Å². The van der Waals surface area contributed by atoms with Crippen LogP contribution in [0.3, 0.4) is 0 Å². The molecule has 1 aliphatic rings. The minimum absolute atomic E-state index is 0.116. The number of hydrogen-bond donors (Lipinski definition) is 1. The third-order valence-corrected chi connectivity index (χ3v) is 5.00. The van der Waals surface area contributed by atoms with Gasteiger partial charge in [0.05, 0.1) is 12.5 Å². The Morgan fingerprint density at radius 2 is 2.04 bits per heavy atom. The molecule has 0 bridgehead atoms. The van der Waals surface area contributed by atoms with Crippen molar-refractivity contribution in [2.75, 3.05) is 18.0 Å². The van der Waals surface area contributed by atoms with Crippen molar-refractivity contribution < 1.29 is 4.79 Å². The van der Waals surface area contributed by atoms with Crippen LogP contribution in [0.4, 0.5) is 5.82 Å². The fourth-order valence-corrected chi connectivity index (χ4v) is 3.25. The summed E-state index contributed by atoms with van der Waals surface area (Å²) in [5.41, 5.74) is -0.350. The molecule has 2 aromatic heterocycles. The van der Waals surface area contributed by atoms with Crippen LogP contribution in [0.25, 0.3) is 0 Å². The summed E-state index contributed by atoms with van der Waals surface area (Å²) in [6, 6.07) is 4.81. The second-order valence-electron chi connectivity index (χ2n) is 6.59. The van der Waals surface area contributed by atoms with Gasteiger partial charge < -0.3 is 10.2 Å². The van der Waals surface area contributed by atoms with Gasteiger partial charge in [-0.3, -0.25) is 18.7 Å². The molecule has 0 radical (unpaired) electrons. The van der Waals surface area contributed by atoms with Gasteiger partial charge in [0.25, 0.3) is 5.56 Å². The van der Waals surface area contributed by atoms with Crippen LogP contribution in [-0.4, -0.2) is 38.3 Å². The molecule has 1 N–H and O–H groups in total. The molecule has 2 aromatic rings. The van der Waals surface area contributed by atoms with E-state index in [0.29, 0.717) is 23.2 Å². The van der Waals surface area contributed by atoms with E-state index < -0.39 is 11.2 Å². The molecular weight excluding hydrogens is 372 g/mol. The quantitative estimate of drug-likeness (QED) is 0.789. The second-order valence-corrected chi connectivity index (χ2v) is 6.98. The molecule has 0 aliphatic carbocycles. The summed E-state index contributed by atoms with van der Waals surface area (Å²) in [5, 5.41) is 11.1. The summed E-state index contributed by atoms with van der Waals surface area (Å²) in [7, 11) is 2.99. The van der Waals surface area contributed by atoms with Crippen LogP contribution in [0, 0.1) is 5.92 Å². The Hall–Kier alpha value is -2.68. The molecule has 3 rings (SSSR count).